The van der Waals surface area contributed by atoms with E-state index in [9.17, 15) is 0 Å². The lowest BCUT2D eigenvalue weighted by molar-refractivity contribution is 0.497. The van der Waals surface area contributed by atoms with Crippen LogP contribution in [0.1, 0.15) is 41.6 Å². The third-order valence-corrected chi connectivity index (χ3v) is 4.24. The Morgan fingerprint density at radius 1 is 1.25 bits per heavy atom. The smallest absolute Gasteiger partial charge is 0.173 e. The van der Waals surface area contributed by atoms with Crippen molar-refractivity contribution in [2.24, 2.45) is 0 Å². The molecule has 0 radical (unpaired) electrons. The summed E-state index contributed by atoms with van der Waals surface area (Å²) in [4.78, 5) is 0. The number of aryl methyl sites for hydroxylation is 2. The topological polar surface area (TPSA) is 25.2 Å². The molecule has 0 aliphatic heterocycles. The summed E-state index contributed by atoms with van der Waals surface area (Å²) in [6.45, 7) is 7.51. The minimum atomic E-state index is 0.281. The first-order chi connectivity index (χ1) is 9.61. The Labute approximate surface area is 129 Å². The molecule has 20 heavy (non-hydrogen) atoms. The maximum absolute atomic E-state index is 5.39. The molecule has 1 N–H and O–H groups in total. The summed E-state index contributed by atoms with van der Waals surface area (Å²) in [6.07, 6.45) is 3.84. The van der Waals surface area contributed by atoms with Crippen LogP contribution in [0.2, 0.25) is 0 Å². The van der Waals surface area contributed by atoms with E-state index in [0.29, 0.717) is 0 Å². The zero-order valence-corrected chi connectivity index (χ0v) is 14.0. The molecule has 3 heteroatoms. The van der Waals surface area contributed by atoms with Crippen LogP contribution in [0.4, 0.5) is 0 Å². The van der Waals surface area contributed by atoms with Gasteiger partial charge in [0.15, 0.2) is 4.67 Å². The fourth-order valence-electron chi connectivity index (χ4n) is 2.40. The maximum atomic E-state index is 5.39. The summed E-state index contributed by atoms with van der Waals surface area (Å²) in [6, 6.07) is 8.98. The summed E-state index contributed by atoms with van der Waals surface area (Å²) in [5.74, 6) is 0. The monoisotopic (exact) mass is 335 g/mol. The Hall–Kier alpha value is -1.06. The second-order valence-electron chi connectivity index (χ2n) is 5.29. The molecule has 1 heterocycles. The third kappa shape index (κ3) is 3.74. The molecule has 0 saturated heterocycles. The van der Waals surface area contributed by atoms with Crippen molar-refractivity contribution >= 4 is 15.9 Å². The van der Waals surface area contributed by atoms with Crippen molar-refractivity contribution < 1.29 is 4.42 Å². The van der Waals surface area contributed by atoms with Crippen LogP contribution in [0.3, 0.4) is 0 Å². The highest BCUT2D eigenvalue weighted by Crippen LogP contribution is 2.28. The molecule has 0 bridgehead atoms. The third-order valence-electron chi connectivity index (χ3n) is 3.59. The summed E-state index contributed by atoms with van der Waals surface area (Å²) in [5.41, 5.74) is 5.25. The lowest BCUT2D eigenvalue weighted by atomic mass is 9.96. The van der Waals surface area contributed by atoms with E-state index in [1.165, 1.54) is 22.3 Å². The molecule has 2 nitrogen and oxygen atoms in total. The van der Waals surface area contributed by atoms with Gasteiger partial charge in [-0.25, -0.2) is 0 Å². The second kappa shape index (κ2) is 7.09. The highest BCUT2D eigenvalue weighted by atomic mass is 79.9. The number of hydrogen-bond donors (Lipinski definition) is 1. The van der Waals surface area contributed by atoms with Gasteiger partial charge in [-0.1, -0.05) is 30.7 Å². The van der Waals surface area contributed by atoms with Crippen molar-refractivity contribution in [1.29, 1.82) is 0 Å². The van der Waals surface area contributed by atoms with Gasteiger partial charge in [-0.3, -0.25) is 0 Å². The van der Waals surface area contributed by atoms with Crippen LogP contribution in [-0.4, -0.2) is 6.54 Å². The predicted molar refractivity (Wildman–Crippen MR) is 87.1 cm³/mol. The number of nitrogens with one attached hydrogen (secondary N) is 1. The van der Waals surface area contributed by atoms with Gasteiger partial charge in [-0.2, -0.15) is 0 Å². The SMILES string of the molecule is CCCNC(Cc1cc(C)ccc1C)c1ccoc1Br. The minimum Gasteiger partial charge on any atom is -0.457 e. The molecule has 0 fully saturated rings. The maximum Gasteiger partial charge on any atom is 0.173 e. The van der Waals surface area contributed by atoms with Crippen LogP contribution in [-0.2, 0) is 6.42 Å². The number of furan rings is 1. The van der Waals surface area contributed by atoms with E-state index in [1.807, 2.05) is 6.07 Å². The molecule has 1 aromatic carbocycles. The molecular weight excluding hydrogens is 314 g/mol. The molecule has 0 aliphatic rings. The number of halogens is 1. The Bertz CT molecular complexity index is 562. The highest BCUT2D eigenvalue weighted by Gasteiger charge is 2.17. The van der Waals surface area contributed by atoms with Gasteiger partial charge in [0.2, 0.25) is 0 Å². The molecule has 108 valence electrons. The van der Waals surface area contributed by atoms with E-state index in [0.717, 1.165) is 24.1 Å². The molecule has 1 aromatic heterocycles. The molecule has 0 saturated carbocycles. The van der Waals surface area contributed by atoms with Crippen molar-refractivity contribution in [3.8, 4) is 0 Å². The van der Waals surface area contributed by atoms with E-state index in [1.54, 1.807) is 6.26 Å². The van der Waals surface area contributed by atoms with Gasteiger partial charge in [0.1, 0.15) is 0 Å². The fourth-order valence-corrected chi connectivity index (χ4v) is 2.92. The van der Waals surface area contributed by atoms with Gasteiger partial charge in [0.05, 0.1) is 6.26 Å². The van der Waals surface area contributed by atoms with Crippen LogP contribution in [0, 0.1) is 13.8 Å². The summed E-state index contributed by atoms with van der Waals surface area (Å²) in [5, 5.41) is 3.62. The fraction of sp³-hybridized carbons (Fsp3) is 0.412. The molecule has 2 rings (SSSR count). The minimum absolute atomic E-state index is 0.281. The normalized spacial score (nSPS) is 12.6. The van der Waals surface area contributed by atoms with Gasteiger partial charge in [0.25, 0.3) is 0 Å². The predicted octanol–water partition coefficient (Wildman–Crippen LogP) is 4.94. The molecule has 0 amide bonds. The molecule has 0 spiro atoms. The van der Waals surface area contributed by atoms with Gasteiger partial charge in [0, 0.05) is 11.6 Å². The largest absolute Gasteiger partial charge is 0.457 e. The van der Waals surface area contributed by atoms with Gasteiger partial charge in [-0.15, -0.1) is 0 Å². The van der Waals surface area contributed by atoms with Crippen LogP contribution in [0.25, 0.3) is 0 Å². The Kier molecular flexibility index (Phi) is 5.44. The Morgan fingerprint density at radius 2 is 2.05 bits per heavy atom. The van der Waals surface area contributed by atoms with Crippen LogP contribution in [0.15, 0.2) is 39.6 Å². The number of hydrogen-bond acceptors (Lipinski definition) is 2. The zero-order chi connectivity index (χ0) is 14.5. The Balaban J connectivity index is 2.23. The van der Waals surface area contributed by atoms with Crippen molar-refractivity contribution in [1.82, 2.24) is 5.32 Å². The van der Waals surface area contributed by atoms with E-state index in [2.05, 4.69) is 60.2 Å². The van der Waals surface area contributed by atoms with Crippen molar-refractivity contribution in [2.75, 3.05) is 6.54 Å². The average Bonchev–Trinajstić information content (AvgIpc) is 2.84. The van der Waals surface area contributed by atoms with E-state index in [-0.39, 0.29) is 6.04 Å². The van der Waals surface area contributed by atoms with Gasteiger partial charge in [-0.05, 0) is 66.4 Å². The van der Waals surface area contributed by atoms with Crippen LogP contribution < -0.4 is 5.32 Å². The summed E-state index contributed by atoms with van der Waals surface area (Å²) < 4.78 is 6.22. The first-order valence-corrected chi connectivity index (χ1v) is 7.93. The van der Waals surface area contributed by atoms with Crippen LogP contribution >= 0.6 is 15.9 Å². The first-order valence-electron chi connectivity index (χ1n) is 7.14. The first kappa shape index (κ1) is 15.3. The molecule has 2 aromatic rings. The van der Waals surface area contributed by atoms with Crippen molar-refractivity contribution in [2.45, 2.75) is 39.7 Å². The number of rotatable bonds is 6. The molecule has 1 atom stereocenters. The quantitative estimate of drug-likeness (QED) is 0.808. The Morgan fingerprint density at radius 3 is 2.70 bits per heavy atom. The zero-order valence-electron chi connectivity index (χ0n) is 12.4. The van der Waals surface area contributed by atoms with Crippen molar-refractivity contribution in [3.63, 3.8) is 0 Å². The van der Waals surface area contributed by atoms with Crippen LogP contribution in [0.5, 0.6) is 0 Å². The summed E-state index contributed by atoms with van der Waals surface area (Å²) in [7, 11) is 0. The standard InChI is InChI=1S/C17H22BrNO/c1-4-8-19-16(15-7-9-20-17(15)18)11-14-10-12(2)5-6-13(14)3/h5-7,9-10,16,19H,4,8,11H2,1-3H3. The second-order valence-corrected chi connectivity index (χ2v) is 6.01. The summed E-state index contributed by atoms with van der Waals surface area (Å²) >= 11 is 3.50. The number of benzene rings is 1. The van der Waals surface area contributed by atoms with E-state index >= 15 is 0 Å². The van der Waals surface area contributed by atoms with Crippen molar-refractivity contribution in [3.05, 3.63) is 57.5 Å². The van der Waals surface area contributed by atoms with Gasteiger partial charge >= 0.3 is 0 Å². The molecule has 1 unspecified atom stereocenters. The average molecular weight is 336 g/mol. The molecular formula is C17H22BrNO. The van der Waals surface area contributed by atoms with E-state index in [4.69, 9.17) is 4.42 Å². The lowest BCUT2D eigenvalue weighted by Crippen LogP contribution is -2.24. The van der Waals surface area contributed by atoms with Gasteiger partial charge < -0.3 is 9.73 Å². The van der Waals surface area contributed by atoms with E-state index < -0.39 is 0 Å². The lowest BCUT2D eigenvalue weighted by Gasteiger charge is -2.19. The molecule has 0 aliphatic carbocycles. The highest BCUT2D eigenvalue weighted by molar-refractivity contribution is 9.10.